The molecule has 2 saturated carbocycles. The molecule has 3 aliphatic rings. The molecule has 1 N–H and O–H groups in total. The first-order chi connectivity index (χ1) is 11.2. The fourth-order valence-electron chi connectivity index (χ4n) is 5.38. The minimum Gasteiger partial charge on any atom is -0.478 e. The summed E-state index contributed by atoms with van der Waals surface area (Å²) in [7, 11) is 0. The SMILES string of the molecule is CC1(C)CCC(C)(C)c2cc(C34CC3CC/C4=C\C(=O)O)ccc21. The molecule has 0 spiro atoms. The Hall–Kier alpha value is -1.57. The molecule has 2 fully saturated rings. The highest BCUT2D eigenvalue weighted by molar-refractivity contribution is 5.82. The van der Waals surface area contributed by atoms with Gasteiger partial charge in [-0.3, -0.25) is 0 Å². The van der Waals surface area contributed by atoms with Crippen molar-refractivity contribution >= 4 is 5.97 Å². The van der Waals surface area contributed by atoms with E-state index >= 15 is 0 Å². The van der Waals surface area contributed by atoms with E-state index in [1.165, 1.54) is 35.6 Å². The molecule has 128 valence electrons. The molecular formula is C22H28O2. The van der Waals surface area contributed by atoms with Crippen LogP contribution in [-0.4, -0.2) is 11.1 Å². The fourth-order valence-corrected chi connectivity index (χ4v) is 5.38. The molecule has 0 heterocycles. The zero-order valence-electron chi connectivity index (χ0n) is 15.3. The molecular weight excluding hydrogens is 296 g/mol. The molecule has 0 saturated heterocycles. The molecule has 0 amide bonds. The maximum absolute atomic E-state index is 11.2. The van der Waals surface area contributed by atoms with Crippen molar-refractivity contribution in [3.05, 3.63) is 46.5 Å². The van der Waals surface area contributed by atoms with Crippen LogP contribution in [0, 0.1) is 5.92 Å². The van der Waals surface area contributed by atoms with Crippen LogP contribution in [0.5, 0.6) is 0 Å². The third kappa shape index (κ3) is 2.11. The Bertz CT molecular complexity index is 753. The minimum absolute atomic E-state index is 0.0328. The number of aliphatic carboxylic acids is 1. The second kappa shape index (κ2) is 4.74. The summed E-state index contributed by atoms with van der Waals surface area (Å²) >= 11 is 0. The van der Waals surface area contributed by atoms with E-state index in [1.54, 1.807) is 0 Å². The fraction of sp³-hybridized carbons (Fsp3) is 0.591. The molecule has 1 aromatic rings. The third-order valence-corrected chi connectivity index (χ3v) is 7.11. The van der Waals surface area contributed by atoms with Crippen LogP contribution < -0.4 is 0 Å². The van der Waals surface area contributed by atoms with Crippen molar-refractivity contribution in [1.29, 1.82) is 0 Å². The van der Waals surface area contributed by atoms with Gasteiger partial charge in [0.05, 0.1) is 0 Å². The number of fused-ring (bicyclic) bond motifs is 2. The van der Waals surface area contributed by atoms with Crippen molar-refractivity contribution in [3.63, 3.8) is 0 Å². The minimum atomic E-state index is -0.795. The molecule has 0 aromatic heterocycles. The molecule has 2 heteroatoms. The number of carbonyl (C=O) groups is 1. The molecule has 2 atom stereocenters. The van der Waals surface area contributed by atoms with Gasteiger partial charge < -0.3 is 5.11 Å². The standard InChI is InChI=1S/C22H28O2/c1-20(2)9-10-21(3,4)18-11-14(7-8-17(18)20)22-13-16(22)6-5-15(22)12-19(23)24/h7-8,11-12,16H,5-6,9-10,13H2,1-4H3,(H,23,24)/b15-12+. The first-order valence-corrected chi connectivity index (χ1v) is 9.26. The third-order valence-electron chi connectivity index (χ3n) is 7.11. The second-order valence-electron chi connectivity index (χ2n) is 9.45. The predicted octanol–water partition coefficient (Wildman–Crippen LogP) is 5.10. The van der Waals surface area contributed by atoms with Gasteiger partial charge in [0, 0.05) is 11.5 Å². The van der Waals surface area contributed by atoms with E-state index in [0.717, 1.165) is 24.8 Å². The van der Waals surface area contributed by atoms with E-state index in [-0.39, 0.29) is 16.2 Å². The van der Waals surface area contributed by atoms with E-state index in [2.05, 4.69) is 45.9 Å². The summed E-state index contributed by atoms with van der Waals surface area (Å²) in [4.78, 5) is 11.2. The van der Waals surface area contributed by atoms with Gasteiger partial charge in [-0.1, -0.05) is 51.5 Å². The number of carboxylic acid groups (broad SMARTS) is 1. The summed E-state index contributed by atoms with van der Waals surface area (Å²) in [6.45, 7) is 9.42. The van der Waals surface area contributed by atoms with Crippen molar-refractivity contribution < 1.29 is 9.90 Å². The molecule has 2 unspecified atom stereocenters. The highest BCUT2D eigenvalue weighted by atomic mass is 16.4. The Morgan fingerprint density at radius 2 is 1.79 bits per heavy atom. The van der Waals surface area contributed by atoms with Crippen molar-refractivity contribution in [2.45, 2.75) is 76.0 Å². The Balaban J connectivity index is 1.84. The van der Waals surface area contributed by atoms with Crippen molar-refractivity contribution in [2.24, 2.45) is 5.92 Å². The summed E-state index contributed by atoms with van der Waals surface area (Å²) in [5.74, 6) is -0.141. The normalized spacial score (nSPS) is 33.8. The van der Waals surface area contributed by atoms with Crippen LogP contribution in [0.15, 0.2) is 29.8 Å². The number of allylic oxidation sites excluding steroid dienone is 1. The van der Waals surface area contributed by atoms with E-state index < -0.39 is 5.97 Å². The molecule has 0 aliphatic heterocycles. The van der Waals surface area contributed by atoms with Crippen molar-refractivity contribution in [3.8, 4) is 0 Å². The van der Waals surface area contributed by atoms with Crippen LogP contribution in [0.3, 0.4) is 0 Å². The first kappa shape index (κ1) is 15.9. The highest BCUT2D eigenvalue weighted by Gasteiger charge is 2.61. The van der Waals surface area contributed by atoms with E-state index in [0.29, 0.717) is 5.92 Å². The summed E-state index contributed by atoms with van der Waals surface area (Å²) in [5, 5.41) is 9.24. The molecule has 0 bridgehead atoms. The smallest absolute Gasteiger partial charge is 0.328 e. The van der Waals surface area contributed by atoms with Crippen molar-refractivity contribution in [1.82, 2.24) is 0 Å². The highest BCUT2D eigenvalue weighted by Crippen LogP contribution is 2.67. The van der Waals surface area contributed by atoms with Gasteiger partial charge in [0.2, 0.25) is 0 Å². The van der Waals surface area contributed by atoms with Gasteiger partial charge in [-0.25, -0.2) is 4.79 Å². The quantitative estimate of drug-likeness (QED) is 0.769. The van der Waals surface area contributed by atoms with E-state index in [4.69, 9.17) is 0 Å². The average Bonchev–Trinajstić information content (AvgIpc) is 3.15. The van der Waals surface area contributed by atoms with Gasteiger partial charge in [0.1, 0.15) is 0 Å². The Morgan fingerprint density at radius 1 is 1.12 bits per heavy atom. The van der Waals surface area contributed by atoms with Crippen LogP contribution in [0.25, 0.3) is 0 Å². The van der Waals surface area contributed by atoms with Gasteiger partial charge in [0.15, 0.2) is 0 Å². The van der Waals surface area contributed by atoms with Gasteiger partial charge >= 0.3 is 5.97 Å². The number of hydrogen-bond acceptors (Lipinski definition) is 1. The topological polar surface area (TPSA) is 37.3 Å². The predicted molar refractivity (Wildman–Crippen MR) is 96.5 cm³/mol. The Labute approximate surface area is 145 Å². The van der Waals surface area contributed by atoms with Crippen LogP contribution in [-0.2, 0) is 21.0 Å². The maximum atomic E-state index is 11.2. The second-order valence-corrected chi connectivity index (χ2v) is 9.45. The van der Waals surface area contributed by atoms with Crippen LogP contribution in [0.2, 0.25) is 0 Å². The summed E-state index contributed by atoms with van der Waals surface area (Å²) in [5.41, 5.74) is 5.95. The molecule has 1 aromatic carbocycles. The van der Waals surface area contributed by atoms with Crippen LogP contribution >= 0.6 is 0 Å². The van der Waals surface area contributed by atoms with Crippen LogP contribution in [0.4, 0.5) is 0 Å². The molecule has 4 rings (SSSR count). The monoisotopic (exact) mass is 324 g/mol. The van der Waals surface area contributed by atoms with Crippen LogP contribution in [0.1, 0.15) is 76.5 Å². The average molecular weight is 324 g/mol. The lowest BCUT2D eigenvalue weighted by atomic mass is 9.62. The number of rotatable bonds is 2. The summed E-state index contributed by atoms with van der Waals surface area (Å²) < 4.78 is 0. The number of carboxylic acids is 1. The zero-order valence-corrected chi connectivity index (χ0v) is 15.3. The van der Waals surface area contributed by atoms with Crippen molar-refractivity contribution in [2.75, 3.05) is 0 Å². The Kier molecular flexibility index (Phi) is 3.15. The van der Waals surface area contributed by atoms with Gasteiger partial charge in [-0.2, -0.15) is 0 Å². The number of benzene rings is 1. The lowest BCUT2D eigenvalue weighted by Crippen LogP contribution is -2.34. The largest absolute Gasteiger partial charge is 0.478 e. The first-order valence-electron chi connectivity index (χ1n) is 9.26. The molecule has 2 nitrogen and oxygen atoms in total. The summed E-state index contributed by atoms with van der Waals surface area (Å²) in [6, 6.07) is 7.06. The van der Waals surface area contributed by atoms with Gasteiger partial charge in [-0.15, -0.1) is 0 Å². The molecule has 3 aliphatic carbocycles. The van der Waals surface area contributed by atoms with Gasteiger partial charge in [0.25, 0.3) is 0 Å². The zero-order chi connectivity index (χ0) is 17.3. The maximum Gasteiger partial charge on any atom is 0.328 e. The molecule has 0 radical (unpaired) electrons. The van der Waals surface area contributed by atoms with Gasteiger partial charge in [-0.05, 0) is 65.5 Å². The lowest BCUT2D eigenvalue weighted by Gasteiger charge is -2.42. The summed E-state index contributed by atoms with van der Waals surface area (Å²) in [6.07, 6.45) is 7.15. The Morgan fingerprint density at radius 3 is 2.42 bits per heavy atom. The van der Waals surface area contributed by atoms with E-state index in [1.807, 2.05) is 0 Å². The number of hydrogen-bond donors (Lipinski definition) is 1. The van der Waals surface area contributed by atoms with E-state index in [9.17, 15) is 9.90 Å². The lowest BCUT2D eigenvalue weighted by molar-refractivity contribution is -0.131. The molecule has 24 heavy (non-hydrogen) atoms.